The Hall–Kier alpha value is -0.140. The second kappa shape index (κ2) is 15.7. The first-order chi connectivity index (χ1) is 10.6. The summed E-state index contributed by atoms with van der Waals surface area (Å²) in [6, 6.07) is 0. The van der Waals surface area contributed by atoms with Crippen LogP contribution in [0.4, 0.5) is 0 Å². The van der Waals surface area contributed by atoms with E-state index in [4.69, 9.17) is 9.47 Å². The second-order valence-electron chi connectivity index (χ2n) is 4.97. The van der Waals surface area contributed by atoms with Crippen LogP contribution in [0.15, 0.2) is 0 Å². The highest BCUT2D eigenvalue weighted by atomic mass is 79.9. The molecule has 1 atom stereocenters. The highest BCUT2D eigenvalue weighted by Crippen LogP contribution is 2.07. The third kappa shape index (κ3) is 13.5. The summed E-state index contributed by atoms with van der Waals surface area (Å²) in [5.41, 5.74) is 0. The molecule has 0 amide bonds. The number of aliphatic hydroxyl groups excluding tert-OH is 1. The molecule has 0 aliphatic rings. The van der Waals surface area contributed by atoms with Crippen molar-refractivity contribution in [3.8, 4) is 0 Å². The fraction of sp³-hybridized carbons (Fsp3) is 0.867. The average molecular weight is 446 g/mol. The van der Waals surface area contributed by atoms with Crippen molar-refractivity contribution in [1.82, 2.24) is 0 Å². The Morgan fingerprint density at radius 2 is 1.55 bits per heavy atom. The lowest BCUT2D eigenvalue weighted by atomic mass is 10.2. The molecule has 7 heteroatoms. The topological polar surface area (TPSA) is 72.8 Å². The molecule has 0 heterocycles. The van der Waals surface area contributed by atoms with Gasteiger partial charge in [0.1, 0.15) is 6.10 Å². The Bertz CT molecular complexity index is 300. The molecule has 0 aromatic carbocycles. The highest BCUT2D eigenvalue weighted by Gasteiger charge is 2.18. The van der Waals surface area contributed by atoms with Gasteiger partial charge in [-0.1, -0.05) is 38.3 Å². The summed E-state index contributed by atoms with van der Waals surface area (Å²) in [6.45, 7) is -0.00367. The van der Waals surface area contributed by atoms with E-state index < -0.39 is 12.1 Å². The maximum absolute atomic E-state index is 11.6. The van der Waals surface area contributed by atoms with Crippen molar-refractivity contribution in [2.45, 2.75) is 57.5 Å². The number of ether oxygens (including phenoxy) is 2. The third-order valence-electron chi connectivity index (χ3n) is 2.95. The molecule has 0 rings (SSSR count). The molecule has 22 heavy (non-hydrogen) atoms. The first kappa shape index (κ1) is 21.9. The van der Waals surface area contributed by atoms with Gasteiger partial charge in [0, 0.05) is 17.1 Å². The largest absolute Gasteiger partial charge is 0.466 e. The van der Waals surface area contributed by atoms with Crippen LogP contribution in [0.25, 0.3) is 0 Å². The van der Waals surface area contributed by atoms with Gasteiger partial charge in [0.15, 0.2) is 0 Å². The van der Waals surface area contributed by atoms with E-state index in [1.165, 1.54) is 0 Å². The van der Waals surface area contributed by atoms with E-state index in [1.807, 2.05) is 0 Å². The van der Waals surface area contributed by atoms with Gasteiger partial charge in [0.05, 0.1) is 19.6 Å². The van der Waals surface area contributed by atoms with Gasteiger partial charge in [-0.15, -0.1) is 0 Å². The molecule has 0 aliphatic heterocycles. The molecule has 0 radical (unpaired) electrons. The quantitative estimate of drug-likeness (QED) is 0.252. The minimum absolute atomic E-state index is 0.0952. The molecule has 0 bridgehead atoms. The number of esters is 2. The summed E-state index contributed by atoms with van der Waals surface area (Å²) in [6.07, 6.45) is 4.97. The van der Waals surface area contributed by atoms with Crippen LogP contribution in [0.2, 0.25) is 0 Å². The van der Waals surface area contributed by atoms with E-state index in [2.05, 4.69) is 31.9 Å². The predicted octanol–water partition coefficient (Wildman–Crippen LogP) is 3.34. The number of hydrogen-bond acceptors (Lipinski definition) is 5. The third-order valence-corrected chi connectivity index (χ3v) is 4.07. The lowest BCUT2D eigenvalue weighted by Gasteiger charge is -2.15. The van der Waals surface area contributed by atoms with Crippen LogP contribution >= 0.6 is 31.9 Å². The average Bonchev–Trinajstić information content (AvgIpc) is 2.50. The molecule has 0 aliphatic carbocycles. The molecular formula is C15H26Br2O5. The van der Waals surface area contributed by atoms with Gasteiger partial charge < -0.3 is 14.6 Å². The van der Waals surface area contributed by atoms with Gasteiger partial charge in [-0.25, -0.2) is 0 Å². The van der Waals surface area contributed by atoms with Gasteiger partial charge in [-0.05, 0) is 32.1 Å². The number of halogens is 2. The summed E-state index contributed by atoms with van der Waals surface area (Å²) in [7, 11) is 0. The standard InChI is InChI=1S/C15H26Br2O5/c16-8-4-1-3-7-14(19)22-13(12-18)11-15(20)21-10-6-2-5-9-17/h13,18H,1-12H2. The fourth-order valence-corrected chi connectivity index (χ4v) is 2.53. The molecule has 1 unspecified atom stereocenters. The van der Waals surface area contributed by atoms with Gasteiger partial charge >= 0.3 is 11.9 Å². The minimum atomic E-state index is -0.807. The maximum atomic E-state index is 11.6. The molecule has 0 saturated heterocycles. The van der Waals surface area contributed by atoms with Gasteiger partial charge in [-0.3, -0.25) is 9.59 Å². The molecular weight excluding hydrogens is 420 g/mol. The number of aliphatic hydroxyl groups is 1. The summed E-state index contributed by atoms with van der Waals surface area (Å²) in [4.78, 5) is 23.2. The van der Waals surface area contributed by atoms with Crippen LogP contribution in [0.5, 0.6) is 0 Å². The van der Waals surface area contributed by atoms with E-state index in [-0.39, 0.29) is 19.0 Å². The SMILES string of the molecule is O=C(CC(CO)OC(=O)CCCCCBr)OCCCCCBr. The number of alkyl halides is 2. The Balaban J connectivity index is 3.79. The first-order valence-corrected chi connectivity index (χ1v) is 9.96. The molecule has 0 spiro atoms. The van der Waals surface area contributed by atoms with E-state index in [0.717, 1.165) is 49.2 Å². The molecule has 0 saturated carbocycles. The zero-order chi connectivity index (χ0) is 16.6. The second-order valence-corrected chi connectivity index (χ2v) is 6.55. The van der Waals surface area contributed by atoms with Crippen LogP contribution in [-0.4, -0.2) is 47.0 Å². The van der Waals surface area contributed by atoms with Gasteiger partial charge in [0.2, 0.25) is 0 Å². The summed E-state index contributed by atoms with van der Waals surface area (Å²) < 4.78 is 10.1. The molecule has 0 aromatic rings. The number of carbonyl (C=O) groups excluding carboxylic acids is 2. The number of unbranched alkanes of at least 4 members (excludes halogenated alkanes) is 4. The molecule has 1 N–H and O–H groups in total. The van der Waals surface area contributed by atoms with Crippen LogP contribution < -0.4 is 0 Å². The zero-order valence-corrected chi connectivity index (χ0v) is 16.1. The van der Waals surface area contributed by atoms with Crippen molar-refractivity contribution in [3.05, 3.63) is 0 Å². The lowest BCUT2D eigenvalue weighted by Crippen LogP contribution is -2.26. The number of hydrogen-bond donors (Lipinski definition) is 1. The fourth-order valence-electron chi connectivity index (χ4n) is 1.73. The predicted molar refractivity (Wildman–Crippen MR) is 92.4 cm³/mol. The summed E-state index contributed by atoms with van der Waals surface area (Å²) in [5, 5.41) is 11.0. The smallest absolute Gasteiger partial charge is 0.309 e. The van der Waals surface area contributed by atoms with Crippen LogP contribution in [0.3, 0.4) is 0 Å². The van der Waals surface area contributed by atoms with E-state index in [1.54, 1.807) is 0 Å². The van der Waals surface area contributed by atoms with Crippen molar-refractivity contribution in [2.75, 3.05) is 23.9 Å². The maximum Gasteiger partial charge on any atom is 0.309 e. The lowest BCUT2D eigenvalue weighted by molar-refractivity contribution is -0.157. The van der Waals surface area contributed by atoms with Crippen molar-refractivity contribution >= 4 is 43.8 Å². The summed E-state index contributed by atoms with van der Waals surface area (Å²) >= 11 is 6.66. The minimum Gasteiger partial charge on any atom is -0.466 e. The molecule has 0 aromatic heterocycles. The van der Waals surface area contributed by atoms with Crippen molar-refractivity contribution in [1.29, 1.82) is 0 Å². The number of rotatable bonds is 14. The van der Waals surface area contributed by atoms with Crippen LogP contribution in [-0.2, 0) is 19.1 Å². The normalized spacial score (nSPS) is 12.0. The van der Waals surface area contributed by atoms with E-state index >= 15 is 0 Å². The Morgan fingerprint density at radius 3 is 2.14 bits per heavy atom. The Labute approximate surface area is 149 Å². The Kier molecular flexibility index (Phi) is 15.6. The van der Waals surface area contributed by atoms with Crippen molar-refractivity contribution in [2.24, 2.45) is 0 Å². The molecule has 5 nitrogen and oxygen atoms in total. The Morgan fingerprint density at radius 1 is 0.909 bits per heavy atom. The van der Waals surface area contributed by atoms with Gasteiger partial charge in [0.25, 0.3) is 0 Å². The first-order valence-electron chi connectivity index (χ1n) is 7.72. The molecule has 0 fully saturated rings. The van der Waals surface area contributed by atoms with E-state index in [9.17, 15) is 14.7 Å². The van der Waals surface area contributed by atoms with Crippen molar-refractivity contribution < 1.29 is 24.2 Å². The van der Waals surface area contributed by atoms with Crippen molar-refractivity contribution in [3.63, 3.8) is 0 Å². The zero-order valence-electron chi connectivity index (χ0n) is 12.9. The van der Waals surface area contributed by atoms with Gasteiger partial charge in [-0.2, -0.15) is 0 Å². The monoisotopic (exact) mass is 444 g/mol. The summed E-state index contributed by atoms with van der Waals surface area (Å²) in [5.74, 6) is -0.816. The number of carbonyl (C=O) groups is 2. The highest BCUT2D eigenvalue weighted by molar-refractivity contribution is 9.09. The molecule has 130 valence electrons. The van der Waals surface area contributed by atoms with E-state index in [0.29, 0.717) is 13.0 Å². The van der Waals surface area contributed by atoms with Crippen LogP contribution in [0.1, 0.15) is 51.4 Å². The van der Waals surface area contributed by atoms with Crippen LogP contribution in [0, 0.1) is 0 Å².